The van der Waals surface area contributed by atoms with E-state index in [2.05, 4.69) is 4.74 Å². The van der Waals surface area contributed by atoms with E-state index in [1.54, 1.807) is 0 Å². The smallest absolute Gasteiger partial charge is 0.406 e. The topological polar surface area (TPSA) is 9.23 Å². The minimum absolute atomic E-state index is 0.192. The van der Waals surface area contributed by atoms with Crippen LogP contribution >= 0.6 is 11.8 Å². The zero-order valence-electron chi connectivity index (χ0n) is 11.0. The van der Waals surface area contributed by atoms with E-state index in [4.69, 9.17) is 0 Å². The van der Waals surface area contributed by atoms with Crippen LogP contribution in [0.15, 0.2) is 47.4 Å². The highest BCUT2D eigenvalue weighted by Crippen LogP contribution is 2.33. The van der Waals surface area contributed by atoms with Gasteiger partial charge in [-0.2, -0.15) is 0 Å². The van der Waals surface area contributed by atoms with E-state index in [9.17, 15) is 13.2 Å². The Bertz CT molecular complexity index is 608. The van der Waals surface area contributed by atoms with Gasteiger partial charge in [0.25, 0.3) is 0 Å². The Labute approximate surface area is 119 Å². The molecule has 106 valence electrons. The molecule has 2 rings (SSSR count). The molecule has 0 aliphatic carbocycles. The number of benzene rings is 2. The quantitative estimate of drug-likeness (QED) is 0.713. The molecule has 0 amide bonds. The Morgan fingerprint density at radius 3 is 2.35 bits per heavy atom. The summed E-state index contributed by atoms with van der Waals surface area (Å²) in [6.45, 7) is 1.92. The zero-order valence-corrected chi connectivity index (χ0v) is 11.8. The van der Waals surface area contributed by atoms with Crippen LogP contribution in [-0.4, -0.2) is 12.6 Å². The van der Waals surface area contributed by atoms with E-state index in [0.29, 0.717) is 5.56 Å². The maximum absolute atomic E-state index is 12.4. The first kappa shape index (κ1) is 14.8. The van der Waals surface area contributed by atoms with Gasteiger partial charge in [-0.05, 0) is 48.1 Å². The summed E-state index contributed by atoms with van der Waals surface area (Å²) in [5.41, 5.74) is 2.62. The number of halogens is 3. The van der Waals surface area contributed by atoms with E-state index in [1.165, 1.54) is 23.9 Å². The second kappa shape index (κ2) is 5.79. The Balaban J connectivity index is 2.48. The fraction of sp³-hybridized carbons (Fsp3) is 0.200. The monoisotopic (exact) mass is 298 g/mol. The first-order valence-corrected chi connectivity index (χ1v) is 7.12. The molecule has 0 N–H and O–H groups in total. The molecule has 0 saturated heterocycles. The van der Waals surface area contributed by atoms with Crippen molar-refractivity contribution in [1.82, 2.24) is 0 Å². The van der Waals surface area contributed by atoms with Crippen LogP contribution in [0.1, 0.15) is 5.56 Å². The van der Waals surface area contributed by atoms with E-state index in [1.807, 2.05) is 43.5 Å². The molecule has 0 aliphatic heterocycles. The Morgan fingerprint density at radius 2 is 1.75 bits per heavy atom. The van der Waals surface area contributed by atoms with Gasteiger partial charge in [0, 0.05) is 4.90 Å². The number of ether oxygens (including phenoxy) is 1. The maximum atomic E-state index is 12.4. The van der Waals surface area contributed by atoms with E-state index in [-0.39, 0.29) is 5.75 Å². The van der Waals surface area contributed by atoms with Crippen molar-refractivity contribution in [1.29, 1.82) is 0 Å². The zero-order chi connectivity index (χ0) is 14.8. The molecule has 2 aromatic carbocycles. The van der Waals surface area contributed by atoms with Crippen LogP contribution in [0.3, 0.4) is 0 Å². The van der Waals surface area contributed by atoms with Crippen LogP contribution in [0.5, 0.6) is 5.75 Å². The first-order chi connectivity index (χ1) is 9.39. The van der Waals surface area contributed by atoms with Gasteiger partial charge in [-0.3, -0.25) is 0 Å². The molecule has 1 nitrogen and oxygen atoms in total. The SMILES string of the molecule is CSc1cc(OC(F)(F)F)cc(-c2ccccc2C)c1. The Kier molecular flexibility index (Phi) is 4.28. The highest BCUT2D eigenvalue weighted by molar-refractivity contribution is 7.98. The fourth-order valence-electron chi connectivity index (χ4n) is 1.93. The van der Waals surface area contributed by atoms with Crippen LogP contribution in [0.2, 0.25) is 0 Å². The predicted molar refractivity (Wildman–Crippen MR) is 75.1 cm³/mol. The molecule has 0 heterocycles. The third-order valence-corrected chi connectivity index (χ3v) is 3.51. The average molecular weight is 298 g/mol. The standard InChI is InChI=1S/C15H13F3OS/c1-10-5-3-4-6-14(10)11-7-12(19-15(16,17)18)9-13(8-11)20-2/h3-9H,1-2H3. The van der Waals surface area contributed by atoms with Crippen LogP contribution in [0, 0.1) is 6.92 Å². The lowest BCUT2D eigenvalue weighted by Crippen LogP contribution is -2.17. The molecule has 5 heteroatoms. The molecule has 0 aromatic heterocycles. The summed E-state index contributed by atoms with van der Waals surface area (Å²) >= 11 is 1.38. The number of rotatable bonds is 3. The average Bonchev–Trinajstić information content (AvgIpc) is 2.36. The summed E-state index contributed by atoms with van der Waals surface area (Å²) in [7, 11) is 0. The summed E-state index contributed by atoms with van der Waals surface area (Å²) in [5.74, 6) is -0.192. The van der Waals surface area contributed by atoms with E-state index < -0.39 is 6.36 Å². The molecule has 0 aliphatic rings. The molecule has 2 aromatic rings. The lowest BCUT2D eigenvalue weighted by Gasteiger charge is -2.13. The van der Waals surface area contributed by atoms with E-state index >= 15 is 0 Å². The summed E-state index contributed by atoms with van der Waals surface area (Å²) in [6, 6.07) is 12.2. The molecule has 0 radical (unpaired) electrons. The van der Waals surface area contributed by atoms with Crippen molar-refractivity contribution in [3.05, 3.63) is 48.0 Å². The highest BCUT2D eigenvalue weighted by atomic mass is 32.2. The van der Waals surface area contributed by atoms with Crippen molar-refractivity contribution in [2.24, 2.45) is 0 Å². The summed E-state index contributed by atoms with van der Waals surface area (Å²) in [4.78, 5) is 0.727. The van der Waals surface area contributed by atoms with Crippen LogP contribution in [0.4, 0.5) is 13.2 Å². The molecule has 0 unspecified atom stereocenters. The number of hydrogen-bond acceptors (Lipinski definition) is 2. The van der Waals surface area contributed by atoms with Gasteiger partial charge in [0.2, 0.25) is 0 Å². The third kappa shape index (κ3) is 3.70. The minimum Gasteiger partial charge on any atom is -0.406 e. The van der Waals surface area contributed by atoms with Gasteiger partial charge in [0.05, 0.1) is 0 Å². The highest BCUT2D eigenvalue weighted by Gasteiger charge is 2.31. The van der Waals surface area contributed by atoms with Gasteiger partial charge in [-0.25, -0.2) is 0 Å². The molecule has 0 atom stereocenters. The van der Waals surface area contributed by atoms with E-state index in [0.717, 1.165) is 16.0 Å². The molecule has 0 spiro atoms. The van der Waals surface area contributed by atoms with Gasteiger partial charge in [0.15, 0.2) is 0 Å². The fourth-order valence-corrected chi connectivity index (χ4v) is 2.41. The van der Waals surface area contributed by atoms with Gasteiger partial charge in [-0.1, -0.05) is 24.3 Å². The maximum Gasteiger partial charge on any atom is 0.573 e. The van der Waals surface area contributed by atoms with Crippen LogP contribution in [0.25, 0.3) is 11.1 Å². The third-order valence-electron chi connectivity index (χ3n) is 2.81. The number of hydrogen-bond donors (Lipinski definition) is 0. The predicted octanol–water partition coefficient (Wildman–Crippen LogP) is 5.28. The number of aryl methyl sites for hydroxylation is 1. The van der Waals surface area contributed by atoms with Crippen molar-refractivity contribution in [3.63, 3.8) is 0 Å². The van der Waals surface area contributed by atoms with Gasteiger partial charge in [0.1, 0.15) is 5.75 Å². The van der Waals surface area contributed by atoms with Crippen molar-refractivity contribution >= 4 is 11.8 Å². The van der Waals surface area contributed by atoms with Crippen LogP contribution < -0.4 is 4.74 Å². The number of alkyl halides is 3. The van der Waals surface area contributed by atoms with Gasteiger partial charge in [-0.15, -0.1) is 24.9 Å². The van der Waals surface area contributed by atoms with Crippen molar-refractivity contribution in [2.75, 3.05) is 6.26 Å². The first-order valence-electron chi connectivity index (χ1n) is 5.90. The second-order valence-corrected chi connectivity index (χ2v) is 5.14. The van der Waals surface area contributed by atoms with Gasteiger partial charge < -0.3 is 4.74 Å². The van der Waals surface area contributed by atoms with Crippen molar-refractivity contribution in [2.45, 2.75) is 18.2 Å². The van der Waals surface area contributed by atoms with Crippen molar-refractivity contribution in [3.8, 4) is 16.9 Å². The second-order valence-electron chi connectivity index (χ2n) is 4.26. The normalized spacial score (nSPS) is 11.4. The number of thioether (sulfide) groups is 1. The molecule has 0 fully saturated rings. The largest absolute Gasteiger partial charge is 0.573 e. The minimum atomic E-state index is -4.68. The summed E-state index contributed by atoms with van der Waals surface area (Å²) in [5, 5.41) is 0. The molecule has 0 saturated carbocycles. The molecular formula is C15H13F3OS. The Morgan fingerprint density at radius 1 is 1.05 bits per heavy atom. The molecular weight excluding hydrogens is 285 g/mol. The lowest BCUT2D eigenvalue weighted by atomic mass is 10.0. The van der Waals surface area contributed by atoms with Gasteiger partial charge >= 0.3 is 6.36 Å². The summed E-state index contributed by atoms with van der Waals surface area (Å²) < 4.78 is 41.1. The lowest BCUT2D eigenvalue weighted by molar-refractivity contribution is -0.274. The Hall–Kier alpha value is -1.62. The molecule has 20 heavy (non-hydrogen) atoms. The summed E-state index contributed by atoms with van der Waals surface area (Å²) in [6.07, 6.45) is -2.87. The van der Waals surface area contributed by atoms with Crippen LogP contribution in [-0.2, 0) is 0 Å². The van der Waals surface area contributed by atoms with Crippen molar-refractivity contribution < 1.29 is 17.9 Å². The molecule has 0 bridgehead atoms.